The maximum absolute atomic E-state index is 14.1. The second-order valence-electron chi connectivity index (χ2n) is 16.6. The van der Waals surface area contributed by atoms with Gasteiger partial charge < -0.3 is 74.0 Å². The number of aliphatic hydroxyl groups is 3. The number of nitrogens with two attached hydrogens (primary N) is 2. The number of carboxylic acids is 1. The summed E-state index contributed by atoms with van der Waals surface area (Å²) < 4.78 is 0. The molecule has 1 heterocycles. The first-order valence-electron chi connectivity index (χ1n) is 21.7. The summed E-state index contributed by atoms with van der Waals surface area (Å²) in [5, 5.41) is 56.3. The van der Waals surface area contributed by atoms with Crippen molar-refractivity contribution in [3.05, 3.63) is 35.9 Å². The van der Waals surface area contributed by atoms with Gasteiger partial charge >= 0.3 is 5.97 Å². The van der Waals surface area contributed by atoms with E-state index in [1.807, 2.05) is 0 Å². The number of hydrogen-bond donors (Lipinski definition) is 13. The zero-order valence-electron chi connectivity index (χ0n) is 37.6. The van der Waals surface area contributed by atoms with Crippen LogP contribution >= 0.6 is 0 Å². The smallest absolute Gasteiger partial charge is 0.326 e. The summed E-state index contributed by atoms with van der Waals surface area (Å²) in [4.78, 5) is 119. The minimum Gasteiger partial charge on any atom is -0.480 e. The Kier molecular flexibility index (Phi) is 23.5. The van der Waals surface area contributed by atoms with Gasteiger partial charge in [0.25, 0.3) is 0 Å². The molecule has 1 aromatic carbocycles. The second-order valence-corrected chi connectivity index (χ2v) is 16.6. The first-order valence-corrected chi connectivity index (χ1v) is 21.7. The van der Waals surface area contributed by atoms with Gasteiger partial charge in [0.15, 0.2) is 0 Å². The molecule has 1 aliphatic heterocycles. The van der Waals surface area contributed by atoms with Crippen molar-refractivity contribution in [1.29, 1.82) is 0 Å². The van der Waals surface area contributed by atoms with Crippen LogP contribution in [0.2, 0.25) is 0 Å². The van der Waals surface area contributed by atoms with Gasteiger partial charge in [-0.3, -0.25) is 38.4 Å². The van der Waals surface area contributed by atoms with Gasteiger partial charge in [-0.15, -0.1) is 0 Å². The van der Waals surface area contributed by atoms with Gasteiger partial charge in [0.2, 0.25) is 47.3 Å². The summed E-state index contributed by atoms with van der Waals surface area (Å²) in [6.45, 7) is 6.29. The molecule has 1 aromatic rings. The fourth-order valence-corrected chi connectivity index (χ4v) is 6.85. The summed E-state index contributed by atoms with van der Waals surface area (Å²) in [6.07, 6.45) is -1.000. The molecule has 0 unspecified atom stereocenters. The lowest BCUT2D eigenvalue weighted by Gasteiger charge is -2.30. The van der Waals surface area contributed by atoms with Crippen LogP contribution in [-0.2, 0) is 49.6 Å². The highest BCUT2D eigenvalue weighted by atomic mass is 16.4. The van der Waals surface area contributed by atoms with Gasteiger partial charge in [-0.2, -0.15) is 0 Å². The van der Waals surface area contributed by atoms with Crippen LogP contribution in [0.5, 0.6) is 0 Å². The van der Waals surface area contributed by atoms with Gasteiger partial charge in [-0.1, -0.05) is 44.2 Å². The van der Waals surface area contributed by atoms with Crippen molar-refractivity contribution in [2.24, 2.45) is 17.4 Å². The van der Waals surface area contributed by atoms with Crippen molar-refractivity contribution >= 4 is 53.2 Å². The number of carbonyl (C=O) groups excluding carboxylic acids is 8. The molecule has 15 N–H and O–H groups in total. The Balaban J connectivity index is 2.21. The largest absolute Gasteiger partial charge is 0.480 e. The van der Waals surface area contributed by atoms with Crippen LogP contribution in [-0.4, -0.2) is 165 Å². The van der Waals surface area contributed by atoms with Crippen molar-refractivity contribution in [3.63, 3.8) is 0 Å². The summed E-state index contributed by atoms with van der Waals surface area (Å²) in [7, 11) is 0. The van der Waals surface area contributed by atoms with Crippen molar-refractivity contribution in [2.45, 2.75) is 140 Å². The third-order valence-electron chi connectivity index (χ3n) is 10.5. The first-order chi connectivity index (χ1) is 30.6. The molecule has 1 fully saturated rings. The van der Waals surface area contributed by atoms with Gasteiger partial charge in [0, 0.05) is 13.0 Å². The summed E-state index contributed by atoms with van der Waals surface area (Å²) in [5.74, 6) is -8.14. The molecule has 0 saturated carbocycles. The Morgan fingerprint density at radius 1 is 0.738 bits per heavy atom. The number of benzene rings is 1. The molecule has 0 spiro atoms. The van der Waals surface area contributed by atoms with E-state index in [1.54, 1.807) is 44.2 Å². The van der Waals surface area contributed by atoms with Crippen LogP contribution in [0.25, 0.3) is 0 Å². The average molecular weight is 921 g/mol. The predicted molar refractivity (Wildman–Crippen MR) is 234 cm³/mol. The number of unbranched alkanes of at least 4 members (excludes halogenated alkanes) is 1. The summed E-state index contributed by atoms with van der Waals surface area (Å²) >= 11 is 0. The molecule has 0 bridgehead atoms. The van der Waals surface area contributed by atoms with Crippen LogP contribution < -0.4 is 48.7 Å². The number of carbonyl (C=O) groups is 9. The first kappa shape index (κ1) is 55.4. The van der Waals surface area contributed by atoms with E-state index in [0.29, 0.717) is 31.4 Å². The van der Waals surface area contributed by atoms with Gasteiger partial charge in [0.05, 0.1) is 25.4 Å². The van der Waals surface area contributed by atoms with Gasteiger partial charge in [0.1, 0.15) is 48.3 Å². The Morgan fingerprint density at radius 2 is 1.37 bits per heavy atom. The lowest BCUT2D eigenvalue weighted by Crippen LogP contribution is -2.61. The lowest BCUT2D eigenvalue weighted by molar-refractivity contribution is -0.142. The fourth-order valence-electron chi connectivity index (χ4n) is 6.85. The number of likely N-dealkylation sites (tertiary alicyclic amines) is 1. The minimum absolute atomic E-state index is 0.0494. The van der Waals surface area contributed by atoms with Crippen molar-refractivity contribution < 1.29 is 63.6 Å². The molecule has 0 radical (unpaired) electrons. The van der Waals surface area contributed by atoms with E-state index in [4.69, 9.17) is 11.5 Å². The predicted octanol–water partition coefficient (Wildman–Crippen LogP) is -4.39. The van der Waals surface area contributed by atoms with E-state index in [9.17, 15) is 63.6 Å². The van der Waals surface area contributed by atoms with Crippen molar-refractivity contribution in [1.82, 2.24) is 42.1 Å². The number of aliphatic carboxylic acids is 1. The van der Waals surface area contributed by atoms with E-state index >= 15 is 0 Å². The maximum Gasteiger partial charge on any atom is 0.326 e. The molecular weight excluding hydrogens is 853 g/mol. The molecule has 65 heavy (non-hydrogen) atoms. The Bertz CT molecular complexity index is 1780. The van der Waals surface area contributed by atoms with Crippen LogP contribution in [0, 0.1) is 5.92 Å². The number of nitrogens with zero attached hydrogens (tertiary/aromatic N) is 1. The zero-order chi connectivity index (χ0) is 49.0. The number of amides is 8. The summed E-state index contributed by atoms with van der Waals surface area (Å²) in [6, 6.07) is -2.04. The Morgan fingerprint density at radius 3 is 1.94 bits per heavy atom. The van der Waals surface area contributed by atoms with Gasteiger partial charge in [-0.25, -0.2) is 4.79 Å². The maximum atomic E-state index is 14.1. The molecule has 23 heteroatoms. The Labute approximate surface area is 377 Å². The second kappa shape index (κ2) is 27.5. The molecule has 10 atom stereocenters. The lowest BCUT2D eigenvalue weighted by atomic mass is 10.0. The number of hydrogen-bond acceptors (Lipinski definition) is 14. The quantitative estimate of drug-likeness (QED) is 0.0371. The Hall–Kier alpha value is -5.75. The monoisotopic (exact) mass is 920 g/mol. The molecular formula is C42H68N10O13. The fraction of sp³-hybridized carbons (Fsp3) is 0.643. The third kappa shape index (κ3) is 18.3. The van der Waals surface area contributed by atoms with Crippen LogP contribution in [0.1, 0.15) is 78.7 Å². The third-order valence-corrected chi connectivity index (χ3v) is 10.5. The number of nitrogens with one attached hydrogen (secondary N) is 7. The number of carboxylic acid groups (broad SMARTS) is 1. The highest BCUT2D eigenvalue weighted by molar-refractivity contribution is 5.98. The highest BCUT2D eigenvalue weighted by Crippen LogP contribution is 2.20. The zero-order valence-corrected chi connectivity index (χ0v) is 37.6. The number of aliphatic hydroxyl groups excluding tert-OH is 3. The molecule has 0 aromatic heterocycles. The van der Waals surface area contributed by atoms with E-state index in [-0.39, 0.29) is 38.1 Å². The number of rotatable bonds is 27. The molecule has 1 aliphatic rings. The molecule has 23 nitrogen and oxygen atoms in total. The molecule has 364 valence electrons. The molecule has 1 saturated heterocycles. The average Bonchev–Trinajstić information content (AvgIpc) is 3.75. The van der Waals surface area contributed by atoms with E-state index in [1.165, 1.54) is 25.7 Å². The van der Waals surface area contributed by atoms with E-state index in [0.717, 1.165) is 0 Å². The molecule has 0 aliphatic carbocycles. The summed E-state index contributed by atoms with van der Waals surface area (Å²) in [5.41, 5.74) is 11.7. The normalized spacial score (nSPS) is 17.7. The van der Waals surface area contributed by atoms with Gasteiger partial charge in [-0.05, 0) is 77.3 Å². The standard InChI is InChI=1S/C42H68N10O13/c1-22(2)18-28(36(58)50-30(21-53)35(57)45-20-32(56)47-27(42(64)65)14-9-10-16-43)48-37(59)29(19-26-12-7-6-8-13-26)49-38(60)31-15-11-17-52(31)41(63)23(3)46-40(62)34(25(5)55)51-39(61)33(44)24(4)54/h6-8,12-13,22-25,27-31,33-34,53-55H,9-11,14-21,43-44H2,1-5H3,(H,45,57)(H,46,62)(H,47,56)(H,48,59)(H,49,60)(H,50,58)(H,51,61)(H,64,65)/t23-,24+,25+,27-,28-,29-,30-,31-,33-,34-/m0/s1. The van der Waals surface area contributed by atoms with Crippen LogP contribution in [0.3, 0.4) is 0 Å². The topological polar surface area (TPSA) is 374 Å². The molecule has 8 amide bonds. The van der Waals surface area contributed by atoms with E-state index in [2.05, 4.69) is 37.2 Å². The van der Waals surface area contributed by atoms with E-state index < -0.39 is 127 Å². The minimum atomic E-state index is -1.58. The van der Waals surface area contributed by atoms with Crippen molar-refractivity contribution in [2.75, 3.05) is 26.2 Å². The van der Waals surface area contributed by atoms with Crippen LogP contribution in [0.4, 0.5) is 0 Å². The SMILES string of the molecule is CC(C)C[C@H](NC(=O)[C@H](Cc1ccccc1)NC(=O)[C@@H]1CCCN1C(=O)[C@H](C)NC(=O)[C@@H](NC(=O)[C@@H](N)[C@@H](C)O)[C@@H](C)O)C(=O)N[C@@H](CO)C(=O)NCC(=O)N[C@@H](CCCCN)C(=O)O. The highest BCUT2D eigenvalue weighted by Gasteiger charge is 2.40. The van der Waals surface area contributed by atoms with Crippen LogP contribution in [0.15, 0.2) is 30.3 Å². The van der Waals surface area contributed by atoms with Crippen molar-refractivity contribution in [3.8, 4) is 0 Å². The molecule has 2 rings (SSSR count).